The van der Waals surface area contributed by atoms with E-state index in [1.165, 1.54) is 4.90 Å². The van der Waals surface area contributed by atoms with Crippen molar-refractivity contribution >= 4 is 5.91 Å². The Morgan fingerprint density at radius 3 is 2.57 bits per heavy atom. The predicted octanol–water partition coefficient (Wildman–Crippen LogP) is 3.36. The second-order valence-electron chi connectivity index (χ2n) is 4.80. The molecule has 3 nitrogen and oxygen atoms in total. The van der Waals surface area contributed by atoms with E-state index < -0.39 is 29.0 Å². The minimum Gasteiger partial charge on any atom is -0.335 e. The first-order valence-electron chi connectivity index (χ1n) is 6.40. The van der Waals surface area contributed by atoms with Gasteiger partial charge in [-0.25, -0.2) is 4.39 Å². The molecule has 21 heavy (non-hydrogen) atoms. The van der Waals surface area contributed by atoms with Gasteiger partial charge < -0.3 is 4.90 Å². The summed E-state index contributed by atoms with van der Waals surface area (Å²) >= 11 is 0. The average molecular weight is 300 g/mol. The minimum absolute atomic E-state index is 0.0584. The summed E-state index contributed by atoms with van der Waals surface area (Å²) in [5, 5.41) is 8.56. The van der Waals surface area contributed by atoms with E-state index in [-0.39, 0.29) is 19.0 Å². The Bertz CT molecular complexity index is 588. The number of benzene rings is 1. The molecule has 0 atom stereocenters. The molecule has 0 bridgehead atoms. The maximum atomic E-state index is 14.0. The molecule has 1 saturated carbocycles. The summed E-state index contributed by atoms with van der Waals surface area (Å²) in [6.45, 7) is 0.0929. The van der Waals surface area contributed by atoms with Crippen molar-refractivity contribution in [3.05, 3.63) is 35.1 Å². The van der Waals surface area contributed by atoms with E-state index in [9.17, 15) is 22.4 Å². The summed E-state index contributed by atoms with van der Waals surface area (Å²) in [6, 6.07) is 4.40. The molecule has 112 valence electrons. The maximum absolute atomic E-state index is 14.0. The van der Waals surface area contributed by atoms with Crippen LogP contribution in [-0.4, -0.2) is 23.4 Å². The summed E-state index contributed by atoms with van der Waals surface area (Å²) < 4.78 is 51.9. The first-order chi connectivity index (χ1) is 9.86. The van der Waals surface area contributed by atoms with Crippen molar-refractivity contribution in [2.75, 3.05) is 6.54 Å². The third-order valence-corrected chi connectivity index (χ3v) is 3.25. The summed E-state index contributed by atoms with van der Waals surface area (Å²) in [4.78, 5) is 13.5. The molecule has 1 aliphatic rings. The van der Waals surface area contributed by atoms with E-state index in [1.54, 1.807) is 0 Å². The molecule has 1 fully saturated rings. The smallest absolute Gasteiger partial charge is 0.335 e. The molecular formula is C14H12F4N2O. The highest BCUT2D eigenvalue weighted by Gasteiger charge is 2.38. The van der Waals surface area contributed by atoms with Crippen molar-refractivity contribution in [3.63, 3.8) is 0 Å². The number of hydrogen-bond donors (Lipinski definition) is 0. The molecule has 0 aromatic heterocycles. The molecule has 0 unspecified atom stereocenters. The Kier molecular flexibility index (Phi) is 4.16. The highest BCUT2D eigenvalue weighted by atomic mass is 19.4. The zero-order chi connectivity index (χ0) is 15.6. The minimum atomic E-state index is -4.85. The lowest BCUT2D eigenvalue weighted by molar-refractivity contribution is -0.140. The van der Waals surface area contributed by atoms with Crippen molar-refractivity contribution in [1.29, 1.82) is 5.26 Å². The van der Waals surface area contributed by atoms with Gasteiger partial charge in [-0.05, 0) is 25.0 Å². The Morgan fingerprint density at radius 2 is 2.05 bits per heavy atom. The van der Waals surface area contributed by atoms with Crippen molar-refractivity contribution in [1.82, 2.24) is 4.90 Å². The molecule has 1 aromatic carbocycles. The highest BCUT2D eigenvalue weighted by molar-refractivity contribution is 5.95. The molecule has 0 saturated heterocycles. The summed E-state index contributed by atoms with van der Waals surface area (Å²) in [5.41, 5.74) is -2.06. The fourth-order valence-corrected chi connectivity index (χ4v) is 2.08. The number of amides is 1. The van der Waals surface area contributed by atoms with Gasteiger partial charge in [0.15, 0.2) is 0 Å². The highest BCUT2D eigenvalue weighted by Crippen LogP contribution is 2.34. The molecule has 1 amide bonds. The van der Waals surface area contributed by atoms with Crippen LogP contribution in [0.3, 0.4) is 0 Å². The molecule has 0 N–H and O–H groups in total. The SMILES string of the molecule is N#CCCN(C(=O)c1cccc(C(F)(F)F)c1F)C1CC1. The van der Waals surface area contributed by atoms with Gasteiger partial charge in [-0.3, -0.25) is 4.79 Å². The molecule has 1 aromatic rings. The Hall–Kier alpha value is -2.10. The van der Waals surface area contributed by atoms with Gasteiger partial charge in [-0.1, -0.05) is 6.07 Å². The summed E-state index contributed by atoms with van der Waals surface area (Å²) in [5.74, 6) is -2.35. The van der Waals surface area contributed by atoms with Crippen LogP contribution < -0.4 is 0 Å². The van der Waals surface area contributed by atoms with Crippen LogP contribution in [0.4, 0.5) is 17.6 Å². The molecule has 0 radical (unpaired) electrons. The largest absolute Gasteiger partial charge is 0.419 e. The van der Waals surface area contributed by atoms with Crippen LogP contribution in [0.2, 0.25) is 0 Å². The van der Waals surface area contributed by atoms with Gasteiger partial charge in [0.2, 0.25) is 0 Å². The lowest BCUT2D eigenvalue weighted by atomic mass is 10.1. The Labute approximate surface area is 118 Å². The second-order valence-corrected chi connectivity index (χ2v) is 4.80. The predicted molar refractivity (Wildman–Crippen MR) is 65.7 cm³/mol. The third kappa shape index (κ3) is 3.32. The monoisotopic (exact) mass is 300 g/mol. The lowest BCUT2D eigenvalue weighted by Gasteiger charge is -2.22. The number of halogens is 4. The van der Waals surface area contributed by atoms with Gasteiger partial charge in [0.1, 0.15) is 5.82 Å². The number of nitriles is 1. The molecule has 1 aliphatic carbocycles. The number of alkyl halides is 3. The van der Waals surface area contributed by atoms with E-state index in [0.29, 0.717) is 6.07 Å². The first kappa shape index (κ1) is 15.3. The summed E-state index contributed by atoms with van der Waals surface area (Å²) in [7, 11) is 0. The number of hydrogen-bond acceptors (Lipinski definition) is 2. The average Bonchev–Trinajstić information content (AvgIpc) is 3.22. The zero-order valence-corrected chi connectivity index (χ0v) is 11.0. The topological polar surface area (TPSA) is 44.1 Å². The van der Waals surface area contributed by atoms with Crippen LogP contribution in [0.25, 0.3) is 0 Å². The molecule has 0 aliphatic heterocycles. The van der Waals surface area contributed by atoms with E-state index in [1.807, 2.05) is 6.07 Å². The maximum Gasteiger partial charge on any atom is 0.419 e. The van der Waals surface area contributed by atoms with Gasteiger partial charge in [0.25, 0.3) is 5.91 Å². The molecular weight excluding hydrogens is 288 g/mol. The van der Waals surface area contributed by atoms with Crippen LogP contribution in [0, 0.1) is 17.1 Å². The molecule has 0 spiro atoms. The zero-order valence-electron chi connectivity index (χ0n) is 11.0. The van der Waals surface area contributed by atoms with E-state index in [2.05, 4.69) is 0 Å². The summed E-state index contributed by atoms with van der Waals surface area (Å²) in [6.07, 6.45) is -3.35. The second kappa shape index (κ2) is 5.72. The van der Waals surface area contributed by atoms with Crippen molar-refractivity contribution < 1.29 is 22.4 Å². The van der Waals surface area contributed by atoms with Gasteiger partial charge >= 0.3 is 6.18 Å². The number of carbonyl (C=O) groups excluding carboxylic acids is 1. The van der Waals surface area contributed by atoms with Gasteiger partial charge in [0, 0.05) is 12.6 Å². The third-order valence-electron chi connectivity index (χ3n) is 3.25. The molecule has 2 rings (SSSR count). The Morgan fingerprint density at radius 1 is 1.38 bits per heavy atom. The number of carbonyl (C=O) groups is 1. The standard InChI is InChI=1S/C14H12F4N2O/c15-12-10(3-1-4-11(12)14(16,17)18)13(21)20(8-2-7-19)9-5-6-9/h1,3-4,9H,2,5-6,8H2. The van der Waals surface area contributed by atoms with E-state index in [0.717, 1.165) is 25.0 Å². The fourth-order valence-electron chi connectivity index (χ4n) is 2.08. The normalized spacial score (nSPS) is 14.6. The fraction of sp³-hybridized carbons (Fsp3) is 0.429. The first-order valence-corrected chi connectivity index (χ1v) is 6.40. The lowest BCUT2D eigenvalue weighted by Crippen LogP contribution is -2.34. The van der Waals surface area contributed by atoms with Crippen LogP contribution in [-0.2, 0) is 6.18 Å². The number of rotatable bonds is 4. The van der Waals surface area contributed by atoms with Crippen LogP contribution in [0.15, 0.2) is 18.2 Å². The molecule has 7 heteroatoms. The van der Waals surface area contributed by atoms with Gasteiger partial charge in [0.05, 0.1) is 23.6 Å². The van der Waals surface area contributed by atoms with E-state index >= 15 is 0 Å². The van der Waals surface area contributed by atoms with Crippen LogP contribution >= 0.6 is 0 Å². The van der Waals surface area contributed by atoms with Crippen molar-refractivity contribution in [3.8, 4) is 6.07 Å². The van der Waals surface area contributed by atoms with Crippen LogP contribution in [0.5, 0.6) is 0 Å². The van der Waals surface area contributed by atoms with Crippen molar-refractivity contribution in [2.45, 2.75) is 31.5 Å². The Balaban J connectivity index is 2.32. The van der Waals surface area contributed by atoms with E-state index in [4.69, 9.17) is 5.26 Å². The number of nitrogens with zero attached hydrogens (tertiary/aromatic N) is 2. The van der Waals surface area contributed by atoms with Gasteiger partial charge in [-0.2, -0.15) is 18.4 Å². The van der Waals surface area contributed by atoms with Crippen LogP contribution in [0.1, 0.15) is 35.2 Å². The molecule has 0 heterocycles. The van der Waals surface area contributed by atoms with Crippen molar-refractivity contribution in [2.24, 2.45) is 0 Å². The quantitative estimate of drug-likeness (QED) is 0.800. The van der Waals surface area contributed by atoms with Gasteiger partial charge in [-0.15, -0.1) is 0 Å².